The summed E-state index contributed by atoms with van der Waals surface area (Å²) in [7, 11) is 4.30. The van der Waals surface area contributed by atoms with E-state index >= 15 is 0 Å². The first-order valence-electron chi connectivity index (χ1n) is 10.1. The second-order valence-corrected chi connectivity index (χ2v) is 7.55. The van der Waals surface area contributed by atoms with Gasteiger partial charge in [-0.15, -0.1) is 12.4 Å². The Kier molecular flexibility index (Phi) is 19.5. The summed E-state index contributed by atoms with van der Waals surface area (Å²) in [4.78, 5) is 13.8. The van der Waals surface area contributed by atoms with Crippen molar-refractivity contribution in [2.24, 2.45) is 5.92 Å². The molecule has 1 atom stereocenters. The molecular weight excluding hydrogens is 332 g/mol. The molecule has 0 aromatic rings. The van der Waals surface area contributed by atoms with Crippen LogP contribution in [0.25, 0.3) is 0 Å². The van der Waals surface area contributed by atoms with Gasteiger partial charge in [0.25, 0.3) is 0 Å². The van der Waals surface area contributed by atoms with Crippen molar-refractivity contribution in [1.82, 2.24) is 10.2 Å². The molecule has 0 aromatic heterocycles. The smallest absolute Gasteiger partial charge is 0.246 e. The fourth-order valence-electron chi connectivity index (χ4n) is 3.01. The predicted octanol–water partition coefficient (Wildman–Crippen LogP) is 5.59. The molecule has 0 saturated carbocycles. The van der Waals surface area contributed by atoms with Gasteiger partial charge >= 0.3 is 0 Å². The molecular formula is C21H43ClN2O. The van der Waals surface area contributed by atoms with Gasteiger partial charge in [-0.1, -0.05) is 64.9 Å². The monoisotopic (exact) mass is 374 g/mol. The van der Waals surface area contributed by atoms with Crippen molar-refractivity contribution in [3.63, 3.8) is 0 Å². The van der Waals surface area contributed by atoms with E-state index in [1.165, 1.54) is 70.8 Å². The SMILES string of the molecule is C=C(C)C(=O)NCCCC(CCCCCCCCC)CCN(C)C.Cl. The molecule has 3 nitrogen and oxygen atoms in total. The van der Waals surface area contributed by atoms with Crippen molar-refractivity contribution < 1.29 is 4.79 Å². The highest BCUT2D eigenvalue weighted by Gasteiger charge is 2.10. The van der Waals surface area contributed by atoms with Crippen LogP contribution in [0, 0.1) is 5.92 Å². The van der Waals surface area contributed by atoms with Crippen LogP contribution in [0.1, 0.15) is 84.5 Å². The number of carbonyl (C=O) groups is 1. The van der Waals surface area contributed by atoms with Crippen LogP contribution in [0.3, 0.4) is 0 Å². The van der Waals surface area contributed by atoms with E-state index in [0.717, 1.165) is 18.9 Å². The molecule has 0 rings (SSSR count). The molecule has 1 N–H and O–H groups in total. The number of unbranched alkanes of at least 4 members (excludes halogenated alkanes) is 6. The number of halogens is 1. The highest BCUT2D eigenvalue weighted by Crippen LogP contribution is 2.20. The Morgan fingerprint density at radius 2 is 1.52 bits per heavy atom. The van der Waals surface area contributed by atoms with Crippen molar-refractivity contribution in [2.75, 3.05) is 27.2 Å². The molecule has 0 aliphatic carbocycles. The van der Waals surface area contributed by atoms with E-state index in [1.54, 1.807) is 6.92 Å². The summed E-state index contributed by atoms with van der Waals surface area (Å²) in [6, 6.07) is 0. The Morgan fingerprint density at radius 1 is 0.960 bits per heavy atom. The molecule has 0 aliphatic rings. The Bertz CT molecular complexity index is 332. The summed E-state index contributed by atoms with van der Waals surface area (Å²) >= 11 is 0. The second-order valence-electron chi connectivity index (χ2n) is 7.55. The summed E-state index contributed by atoms with van der Waals surface area (Å²) in [5.74, 6) is 0.789. The van der Waals surface area contributed by atoms with Gasteiger partial charge < -0.3 is 10.2 Å². The first kappa shape index (κ1) is 26.7. The quantitative estimate of drug-likeness (QED) is 0.282. The highest BCUT2D eigenvalue weighted by molar-refractivity contribution is 5.91. The number of carbonyl (C=O) groups excluding carboxylic acids is 1. The predicted molar refractivity (Wildman–Crippen MR) is 114 cm³/mol. The summed E-state index contributed by atoms with van der Waals surface area (Å²) < 4.78 is 0. The standard InChI is InChI=1S/C21H42N2O.ClH/c1-6-7-8-9-10-11-12-14-20(16-18-23(4)5)15-13-17-22-21(24)19(2)3;/h20H,2,6-18H2,1,3-5H3,(H,22,24);1H. The molecule has 0 aliphatic heterocycles. The molecule has 1 amide bonds. The molecule has 0 heterocycles. The van der Waals surface area contributed by atoms with Gasteiger partial charge in [0.15, 0.2) is 0 Å². The van der Waals surface area contributed by atoms with Gasteiger partial charge in [0.1, 0.15) is 0 Å². The maximum absolute atomic E-state index is 11.5. The molecule has 0 bridgehead atoms. The average Bonchev–Trinajstić information content (AvgIpc) is 2.54. The van der Waals surface area contributed by atoms with Crippen molar-refractivity contribution in [1.29, 1.82) is 0 Å². The molecule has 150 valence electrons. The molecule has 0 fully saturated rings. The zero-order chi connectivity index (χ0) is 18.2. The zero-order valence-electron chi connectivity index (χ0n) is 17.2. The largest absolute Gasteiger partial charge is 0.352 e. The van der Waals surface area contributed by atoms with E-state index in [4.69, 9.17) is 0 Å². The van der Waals surface area contributed by atoms with Crippen LogP contribution in [0.5, 0.6) is 0 Å². The van der Waals surface area contributed by atoms with Gasteiger partial charge in [-0.05, 0) is 52.7 Å². The van der Waals surface area contributed by atoms with Crippen LogP contribution in [0.15, 0.2) is 12.2 Å². The van der Waals surface area contributed by atoms with Gasteiger partial charge in [0.2, 0.25) is 5.91 Å². The van der Waals surface area contributed by atoms with E-state index in [9.17, 15) is 4.79 Å². The number of hydrogen-bond acceptors (Lipinski definition) is 2. The zero-order valence-corrected chi connectivity index (χ0v) is 18.1. The fraction of sp³-hybridized carbons (Fsp3) is 0.857. The van der Waals surface area contributed by atoms with Gasteiger partial charge in [-0.2, -0.15) is 0 Å². The summed E-state index contributed by atoms with van der Waals surface area (Å²) in [5, 5.41) is 2.95. The maximum atomic E-state index is 11.5. The third kappa shape index (κ3) is 18.1. The number of hydrogen-bond donors (Lipinski definition) is 1. The lowest BCUT2D eigenvalue weighted by Crippen LogP contribution is -2.25. The topological polar surface area (TPSA) is 32.3 Å². The molecule has 0 saturated heterocycles. The van der Waals surface area contributed by atoms with Crippen molar-refractivity contribution >= 4 is 18.3 Å². The van der Waals surface area contributed by atoms with Crippen LogP contribution in [-0.2, 0) is 4.79 Å². The lowest BCUT2D eigenvalue weighted by molar-refractivity contribution is -0.117. The van der Waals surface area contributed by atoms with E-state index in [1.807, 2.05) is 0 Å². The molecule has 0 radical (unpaired) electrons. The molecule has 0 spiro atoms. The van der Waals surface area contributed by atoms with E-state index in [0.29, 0.717) is 5.57 Å². The third-order valence-electron chi connectivity index (χ3n) is 4.66. The Labute approximate surface area is 163 Å². The Morgan fingerprint density at radius 3 is 2.08 bits per heavy atom. The second kappa shape index (κ2) is 18.3. The van der Waals surface area contributed by atoms with E-state index < -0.39 is 0 Å². The third-order valence-corrected chi connectivity index (χ3v) is 4.66. The van der Waals surface area contributed by atoms with E-state index in [2.05, 4.69) is 37.8 Å². The molecule has 25 heavy (non-hydrogen) atoms. The molecule has 0 aromatic carbocycles. The number of nitrogens with one attached hydrogen (secondary N) is 1. The minimum atomic E-state index is -0.00748. The van der Waals surface area contributed by atoms with Gasteiger partial charge in [-0.25, -0.2) is 0 Å². The molecule has 4 heteroatoms. The minimum Gasteiger partial charge on any atom is -0.352 e. The van der Waals surface area contributed by atoms with E-state index in [-0.39, 0.29) is 18.3 Å². The van der Waals surface area contributed by atoms with Crippen LogP contribution < -0.4 is 5.32 Å². The van der Waals surface area contributed by atoms with Crippen molar-refractivity contribution in [3.8, 4) is 0 Å². The Balaban J connectivity index is 0. The number of nitrogens with zero attached hydrogens (tertiary/aromatic N) is 1. The van der Waals surface area contributed by atoms with Crippen molar-refractivity contribution in [3.05, 3.63) is 12.2 Å². The van der Waals surface area contributed by atoms with Gasteiger partial charge in [-0.3, -0.25) is 4.79 Å². The number of amides is 1. The highest BCUT2D eigenvalue weighted by atomic mass is 35.5. The fourth-order valence-corrected chi connectivity index (χ4v) is 3.01. The van der Waals surface area contributed by atoms with Gasteiger partial charge in [0.05, 0.1) is 0 Å². The average molecular weight is 375 g/mol. The summed E-state index contributed by atoms with van der Waals surface area (Å²) in [5.41, 5.74) is 0.599. The normalized spacial score (nSPS) is 11.9. The van der Waals surface area contributed by atoms with Gasteiger partial charge in [0, 0.05) is 12.1 Å². The maximum Gasteiger partial charge on any atom is 0.246 e. The Hall–Kier alpha value is -0.540. The van der Waals surface area contributed by atoms with Crippen molar-refractivity contribution in [2.45, 2.75) is 84.5 Å². The minimum absolute atomic E-state index is 0. The summed E-state index contributed by atoms with van der Waals surface area (Å²) in [6.45, 7) is 9.65. The first-order chi connectivity index (χ1) is 11.5. The summed E-state index contributed by atoms with van der Waals surface area (Å²) in [6.07, 6.45) is 14.6. The van der Waals surface area contributed by atoms with Crippen LogP contribution in [0.4, 0.5) is 0 Å². The van der Waals surface area contributed by atoms with Crippen LogP contribution in [-0.4, -0.2) is 38.0 Å². The lowest BCUT2D eigenvalue weighted by Gasteiger charge is -2.19. The number of rotatable bonds is 16. The lowest BCUT2D eigenvalue weighted by atomic mass is 9.92. The van der Waals surface area contributed by atoms with Crippen LogP contribution >= 0.6 is 12.4 Å². The van der Waals surface area contributed by atoms with Crippen LogP contribution in [0.2, 0.25) is 0 Å². The molecule has 1 unspecified atom stereocenters. The first-order valence-corrected chi connectivity index (χ1v) is 10.1.